The van der Waals surface area contributed by atoms with Crippen LogP contribution in [0, 0.1) is 17.8 Å². The van der Waals surface area contributed by atoms with E-state index in [-0.39, 0.29) is 28.7 Å². The first kappa shape index (κ1) is 28.6. The number of aliphatic hydroxyl groups is 1. The average molecular weight is 599 g/mol. The van der Waals surface area contributed by atoms with E-state index in [4.69, 9.17) is 16.3 Å². The first-order chi connectivity index (χ1) is 19.5. The van der Waals surface area contributed by atoms with Crippen LogP contribution >= 0.6 is 11.6 Å². The van der Waals surface area contributed by atoms with Crippen molar-refractivity contribution in [3.63, 3.8) is 0 Å². The molecule has 1 amide bonds. The van der Waals surface area contributed by atoms with Gasteiger partial charge in [0.1, 0.15) is 5.75 Å². The molecule has 2 aromatic carbocycles. The minimum atomic E-state index is -3.89. The Labute approximate surface area is 248 Å². The Hall–Kier alpha value is -2.55. The third-order valence-electron chi connectivity index (χ3n) is 9.77. The van der Waals surface area contributed by atoms with Crippen molar-refractivity contribution >= 4 is 33.2 Å². The summed E-state index contributed by atoms with van der Waals surface area (Å²) in [6.07, 6.45) is 8.45. The third kappa shape index (κ3) is 5.51. The summed E-state index contributed by atoms with van der Waals surface area (Å²) in [5.41, 5.74) is 3.33. The molecule has 2 aliphatic heterocycles. The molecule has 2 aliphatic carbocycles. The molecule has 1 spiro atoms. The van der Waals surface area contributed by atoms with E-state index in [0.29, 0.717) is 31.9 Å². The van der Waals surface area contributed by atoms with Gasteiger partial charge in [-0.3, -0.25) is 4.79 Å². The first-order valence-corrected chi connectivity index (χ1v) is 16.7. The van der Waals surface area contributed by atoms with Crippen LogP contribution in [0.5, 0.6) is 5.75 Å². The summed E-state index contributed by atoms with van der Waals surface area (Å²) < 4.78 is 34.9. The van der Waals surface area contributed by atoms with E-state index in [1.54, 1.807) is 25.1 Å². The number of hydrogen-bond donors (Lipinski definition) is 2. The van der Waals surface area contributed by atoms with E-state index in [1.165, 1.54) is 11.1 Å². The highest BCUT2D eigenvalue weighted by Crippen LogP contribution is 2.46. The van der Waals surface area contributed by atoms with Crippen LogP contribution in [0.4, 0.5) is 5.69 Å². The summed E-state index contributed by atoms with van der Waals surface area (Å²) in [6, 6.07) is 11.4. The highest BCUT2D eigenvalue weighted by Gasteiger charge is 2.44. The fourth-order valence-electron chi connectivity index (χ4n) is 7.27. The lowest BCUT2D eigenvalue weighted by Gasteiger charge is -2.45. The second kappa shape index (κ2) is 10.9. The van der Waals surface area contributed by atoms with Crippen molar-refractivity contribution in [1.82, 2.24) is 4.72 Å². The monoisotopic (exact) mass is 598 g/mol. The molecular formula is C32H39ClN2O5S. The second-order valence-corrected chi connectivity index (χ2v) is 15.2. The molecule has 41 heavy (non-hydrogen) atoms. The van der Waals surface area contributed by atoms with Crippen LogP contribution in [-0.4, -0.2) is 50.5 Å². The molecule has 2 aromatic rings. The van der Waals surface area contributed by atoms with Crippen molar-refractivity contribution in [3.8, 4) is 5.75 Å². The van der Waals surface area contributed by atoms with Crippen LogP contribution in [0.3, 0.4) is 0 Å². The van der Waals surface area contributed by atoms with Crippen LogP contribution in [-0.2, 0) is 21.9 Å². The molecule has 9 heteroatoms. The molecule has 1 fully saturated rings. The lowest BCUT2D eigenvalue weighted by atomic mass is 9.68. The smallest absolute Gasteiger partial charge is 0.264 e. The topological polar surface area (TPSA) is 95.9 Å². The highest BCUT2D eigenvalue weighted by molar-refractivity contribution is 7.90. The minimum Gasteiger partial charge on any atom is -0.490 e. The van der Waals surface area contributed by atoms with Gasteiger partial charge in [-0.05, 0) is 105 Å². The van der Waals surface area contributed by atoms with Gasteiger partial charge in [-0.2, -0.15) is 0 Å². The number of halogens is 1. The summed E-state index contributed by atoms with van der Waals surface area (Å²) in [6.45, 7) is 5.46. The minimum absolute atomic E-state index is 0.0638. The molecule has 4 aliphatic rings. The Balaban J connectivity index is 1.42. The van der Waals surface area contributed by atoms with Crippen LogP contribution in [0.25, 0.3) is 0 Å². The summed E-state index contributed by atoms with van der Waals surface area (Å²) in [7, 11) is -3.89. The molecule has 6 atom stereocenters. The number of aryl methyl sites for hydroxylation is 1. The number of benzene rings is 2. The van der Waals surface area contributed by atoms with Gasteiger partial charge in [0.2, 0.25) is 10.0 Å². The Kier molecular flexibility index (Phi) is 7.62. The zero-order valence-corrected chi connectivity index (χ0v) is 25.3. The van der Waals surface area contributed by atoms with Crippen molar-refractivity contribution < 1.29 is 23.1 Å². The van der Waals surface area contributed by atoms with Gasteiger partial charge in [0.15, 0.2) is 0 Å². The Morgan fingerprint density at radius 1 is 1.12 bits per heavy atom. The third-order valence-corrected chi connectivity index (χ3v) is 11.7. The fourth-order valence-corrected chi connectivity index (χ4v) is 8.60. The molecular weight excluding hydrogens is 560 g/mol. The number of sulfonamides is 1. The first-order valence-electron chi connectivity index (χ1n) is 14.8. The number of nitrogens with one attached hydrogen (secondary N) is 1. The van der Waals surface area contributed by atoms with Crippen molar-refractivity contribution in [2.24, 2.45) is 17.8 Å². The predicted octanol–water partition coefficient (Wildman–Crippen LogP) is 5.24. The maximum Gasteiger partial charge on any atom is 0.264 e. The van der Waals surface area contributed by atoms with Crippen molar-refractivity contribution in [2.75, 3.05) is 24.6 Å². The molecule has 220 valence electrons. The number of rotatable bonds is 0. The van der Waals surface area contributed by atoms with E-state index >= 15 is 0 Å². The number of nitrogens with zero attached hydrogens (tertiary/aromatic N) is 1. The quantitative estimate of drug-likeness (QED) is 0.403. The van der Waals surface area contributed by atoms with Gasteiger partial charge >= 0.3 is 0 Å². The van der Waals surface area contributed by atoms with Gasteiger partial charge in [0.05, 0.1) is 23.6 Å². The average Bonchev–Trinajstić information content (AvgIpc) is 3.06. The molecule has 0 aromatic heterocycles. The van der Waals surface area contributed by atoms with Crippen molar-refractivity contribution in [2.45, 2.75) is 69.1 Å². The lowest BCUT2D eigenvalue weighted by Crippen LogP contribution is -2.49. The molecule has 0 unspecified atom stereocenters. The second-order valence-electron chi connectivity index (χ2n) is 12.7. The van der Waals surface area contributed by atoms with Crippen molar-refractivity contribution in [1.29, 1.82) is 0 Å². The zero-order chi connectivity index (χ0) is 28.9. The Bertz CT molecular complexity index is 1480. The molecule has 1 saturated carbocycles. The highest BCUT2D eigenvalue weighted by atomic mass is 35.5. The van der Waals surface area contributed by atoms with Gasteiger partial charge in [0.25, 0.3) is 5.91 Å². The standard InChI is InChI=1S/C32H39ClN2O5S/c1-20-5-11-29(36)26-9-6-24(26)17-35-18-32(13-3-4-22-15-25(33)8-10-27(22)32)19-40-30-12-7-23(16-28(30)35)31(37)34-41(38,39)21(2)14-20/h5,7-8,10-12,15-16,20-21,24,26,29,36H,3-4,6,9,13-14,17-19H2,1-2H3,(H,34,37)/b11-5+/t20-,21-,24+,26-,29+,32+/m1/s1. The van der Waals surface area contributed by atoms with E-state index in [1.807, 2.05) is 25.1 Å². The number of hydrogen-bond acceptors (Lipinski definition) is 6. The molecule has 6 rings (SSSR count). The van der Waals surface area contributed by atoms with E-state index in [0.717, 1.165) is 42.8 Å². The maximum absolute atomic E-state index is 13.3. The molecule has 2 heterocycles. The number of ether oxygens (including phenoxy) is 1. The van der Waals surface area contributed by atoms with Crippen LogP contribution in [0.1, 0.15) is 67.4 Å². The van der Waals surface area contributed by atoms with Gasteiger partial charge in [-0.1, -0.05) is 36.7 Å². The number of anilines is 1. The molecule has 0 saturated heterocycles. The number of amides is 1. The molecule has 7 nitrogen and oxygen atoms in total. The summed E-state index contributed by atoms with van der Waals surface area (Å²) in [5.74, 6) is 0.391. The number of carbonyl (C=O) groups is 1. The van der Waals surface area contributed by atoms with Gasteiger partial charge < -0.3 is 14.7 Å². The Morgan fingerprint density at radius 3 is 2.73 bits per heavy atom. The van der Waals surface area contributed by atoms with Crippen LogP contribution in [0.15, 0.2) is 48.6 Å². The molecule has 2 N–H and O–H groups in total. The molecule has 0 radical (unpaired) electrons. The Morgan fingerprint density at radius 2 is 1.95 bits per heavy atom. The van der Waals surface area contributed by atoms with E-state index < -0.39 is 27.3 Å². The lowest BCUT2D eigenvalue weighted by molar-refractivity contribution is 0.0454. The number of carbonyl (C=O) groups excluding carboxylic acids is 1. The summed E-state index contributed by atoms with van der Waals surface area (Å²) in [5, 5.41) is 11.1. The summed E-state index contributed by atoms with van der Waals surface area (Å²) in [4.78, 5) is 15.6. The number of allylic oxidation sites excluding steroid dienone is 1. The number of fused-ring (bicyclic) bond motifs is 4. The SMILES string of the molecule is C[C@@H]1/C=C/[C@H](O)[C@@H]2CC[C@H]2CN2C[C@@]3(CCCc4cc(Cl)ccc43)COc3ccc(cc32)C(=O)NS(=O)(=O)[C@H](C)C1. The van der Waals surface area contributed by atoms with E-state index in [9.17, 15) is 18.3 Å². The normalized spacial score (nSPS) is 33.8. The molecule has 2 bridgehead atoms. The van der Waals surface area contributed by atoms with Gasteiger partial charge in [-0.15, -0.1) is 0 Å². The van der Waals surface area contributed by atoms with Crippen molar-refractivity contribution in [3.05, 3.63) is 70.3 Å². The largest absolute Gasteiger partial charge is 0.490 e. The number of aliphatic hydroxyl groups excluding tert-OH is 1. The van der Waals surface area contributed by atoms with Crippen LogP contribution in [0.2, 0.25) is 5.02 Å². The van der Waals surface area contributed by atoms with E-state index in [2.05, 4.69) is 21.8 Å². The van der Waals surface area contributed by atoms with Gasteiger partial charge in [-0.25, -0.2) is 13.1 Å². The predicted molar refractivity (Wildman–Crippen MR) is 161 cm³/mol. The zero-order valence-electron chi connectivity index (χ0n) is 23.7. The van der Waals surface area contributed by atoms with Crippen LogP contribution < -0.4 is 14.4 Å². The maximum atomic E-state index is 13.3. The summed E-state index contributed by atoms with van der Waals surface area (Å²) >= 11 is 6.38. The van der Waals surface area contributed by atoms with Gasteiger partial charge in [0, 0.05) is 29.1 Å². The fraction of sp³-hybridized carbons (Fsp3) is 0.531.